The highest BCUT2D eigenvalue weighted by atomic mass is 16.4. The highest BCUT2D eigenvalue weighted by Crippen LogP contribution is 2.33. The third kappa shape index (κ3) is 2.01. The van der Waals surface area contributed by atoms with E-state index in [1.54, 1.807) is 13.2 Å². The highest BCUT2D eigenvalue weighted by molar-refractivity contribution is 5.96. The Morgan fingerprint density at radius 1 is 0.905 bits per heavy atom. The summed E-state index contributed by atoms with van der Waals surface area (Å²) in [5.74, 6) is 1.08. The van der Waals surface area contributed by atoms with Gasteiger partial charge in [0.15, 0.2) is 0 Å². The zero-order chi connectivity index (χ0) is 14.2. The van der Waals surface area contributed by atoms with Crippen molar-refractivity contribution in [3.05, 3.63) is 60.7 Å². The van der Waals surface area contributed by atoms with Gasteiger partial charge in [0, 0.05) is 23.4 Å². The van der Waals surface area contributed by atoms with E-state index in [0.717, 1.165) is 27.7 Å². The molecule has 4 rings (SSSR count). The number of hydrogen-bond acceptors (Lipinski definition) is 4. The van der Waals surface area contributed by atoms with Crippen LogP contribution in [0.2, 0.25) is 0 Å². The third-order valence-electron chi connectivity index (χ3n) is 3.43. The van der Waals surface area contributed by atoms with Gasteiger partial charge < -0.3 is 8.83 Å². The fourth-order valence-electron chi connectivity index (χ4n) is 2.42. The molecule has 0 aliphatic rings. The largest absolute Gasteiger partial charge is 0.464 e. The second-order valence-electron chi connectivity index (χ2n) is 4.85. The average molecular weight is 276 g/mol. The molecule has 2 aromatic carbocycles. The van der Waals surface area contributed by atoms with Crippen molar-refractivity contribution in [1.82, 2.24) is 10.2 Å². The summed E-state index contributed by atoms with van der Waals surface area (Å²) in [7, 11) is 0. The minimum absolute atomic E-state index is 0.523. The van der Waals surface area contributed by atoms with Crippen LogP contribution >= 0.6 is 0 Å². The van der Waals surface area contributed by atoms with Crippen molar-refractivity contribution in [2.24, 2.45) is 0 Å². The molecule has 0 radical (unpaired) electrons. The van der Waals surface area contributed by atoms with Crippen molar-refractivity contribution in [2.75, 3.05) is 0 Å². The Hall–Kier alpha value is -2.88. The molecule has 21 heavy (non-hydrogen) atoms. The van der Waals surface area contributed by atoms with Crippen LogP contribution in [0, 0.1) is 6.92 Å². The minimum atomic E-state index is 0.523. The SMILES string of the molecule is Cc1nnc(-c2ccc3occ(-c4ccccc4)c3c2)o1. The zero-order valence-electron chi connectivity index (χ0n) is 11.4. The van der Waals surface area contributed by atoms with E-state index in [4.69, 9.17) is 8.83 Å². The van der Waals surface area contributed by atoms with Crippen LogP contribution in [0.15, 0.2) is 63.6 Å². The smallest absolute Gasteiger partial charge is 0.247 e. The third-order valence-corrected chi connectivity index (χ3v) is 3.43. The summed E-state index contributed by atoms with van der Waals surface area (Å²) >= 11 is 0. The number of hydrogen-bond donors (Lipinski definition) is 0. The Kier molecular flexibility index (Phi) is 2.60. The first-order valence-electron chi connectivity index (χ1n) is 6.68. The second kappa shape index (κ2) is 4.59. The highest BCUT2D eigenvalue weighted by Gasteiger charge is 2.12. The Morgan fingerprint density at radius 2 is 1.76 bits per heavy atom. The van der Waals surface area contributed by atoms with Crippen LogP contribution in [0.4, 0.5) is 0 Å². The number of aryl methyl sites for hydroxylation is 1. The van der Waals surface area contributed by atoms with Crippen LogP contribution in [0.1, 0.15) is 5.89 Å². The topological polar surface area (TPSA) is 52.1 Å². The Balaban J connectivity index is 1.90. The number of furan rings is 1. The average Bonchev–Trinajstić information content (AvgIpc) is 3.13. The van der Waals surface area contributed by atoms with Crippen molar-refractivity contribution in [3.63, 3.8) is 0 Å². The molecule has 102 valence electrons. The van der Waals surface area contributed by atoms with E-state index < -0.39 is 0 Å². The maximum absolute atomic E-state index is 5.63. The first-order valence-corrected chi connectivity index (χ1v) is 6.68. The molecule has 0 N–H and O–H groups in total. The van der Waals surface area contributed by atoms with E-state index >= 15 is 0 Å². The Morgan fingerprint density at radius 3 is 2.52 bits per heavy atom. The summed E-state index contributed by atoms with van der Waals surface area (Å²) in [6.45, 7) is 1.78. The first-order chi connectivity index (χ1) is 10.3. The number of nitrogens with zero attached hydrogens (tertiary/aromatic N) is 2. The summed E-state index contributed by atoms with van der Waals surface area (Å²) in [6, 6.07) is 16.0. The van der Waals surface area contributed by atoms with Gasteiger partial charge in [-0.3, -0.25) is 0 Å². The van der Waals surface area contributed by atoms with Crippen LogP contribution in [0.5, 0.6) is 0 Å². The Bertz CT molecular complexity index is 907. The molecule has 0 spiro atoms. The number of benzene rings is 2. The molecule has 0 saturated heterocycles. The lowest BCUT2D eigenvalue weighted by molar-refractivity contribution is 0.533. The quantitative estimate of drug-likeness (QED) is 0.542. The van der Waals surface area contributed by atoms with Gasteiger partial charge in [-0.15, -0.1) is 10.2 Å². The van der Waals surface area contributed by atoms with E-state index in [2.05, 4.69) is 22.3 Å². The summed E-state index contributed by atoms with van der Waals surface area (Å²) in [5.41, 5.74) is 3.91. The van der Waals surface area contributed by atoms with E-state index in [1.807, 2.05) is 36.4 Å². The maximum atomic E-state index is 5.63. The van der Waals surface area contributed by atoms with Crippen LogP contribution in [-0.2, 0) is 0 Å². The molecule has 2 aromatic heterocycles. The molecule has 0 unspecified atom stereocenters. The standard InChI is InChI=1S/C17H12N2O2/c1-11-18-19-17(21-11)13-7-8-16-14(9-13)15(10-20-16)12-5-3-2-4-6-12/h2-10H,1H3. The Labute approximate surface area is 121 Å². The van der Waals surface area contributed by atoms with Gasteiger partial charge in [0.25, 0.3) is 0 Å². The molecule has 4 aromatic rings. The molecule has 4 heteroatoms. The fourth-order valence-corrected chi connectivity index (χ4v) is 2.42. The molecule has 0 bridgehead atoms. The fraction of sp³-hybridized carbons (Fsp3) is 0.0588. The van der Waals surface area contributed by atoms with Crippen LogP contribution in [0.3, 0.4) is 0 Å². The number of rotatable bonds is 2. The molecular formula is C17H12N2O2. The predicted octanol–water partition coefficient (Wildman–Crippen LogP) is 4.46. The maximum Gasteiger partial charge on any atom is 0.247 e. The second-order valence-corrected chi connectivity index (χ2v) is 4.85. The van der Waals surface area contributed by atoms with Crippen molar-refractivity contribution >= 4 is 11.0 Å². The van der Waals surface area contributed by atoms with E-state index in [0.29, 0.717) is 11.8 Å². The molecule has 0 aliphatic carbocycles. The molecule has 0 saturated carbocycles. The molecule has 0 atom stereocenters. The van der Waals surface area contributed by atoms with Gasteiger partial charge in [-0.1, -0.05) is 30.3 Å². The van der Waals surface area contributed by atoms with Crippen molar-refractivity contribution in [3.8, 4) is 22.6 Å². The number of aromatic nitrogens is 2. The summed E-state index contributed by atoms with van der Waals surface area (Å²) in [5, 5.41) is 8.97. The summed E-state index contributed by atoms with van der Waals surface area (Å²) in [6.07, 6.45) is 1.78. The molecular weight excluding hydrogens is 264 g/mol. The molecule has 2 heterocycles. The van der Waals surface area contributed by atoms with Crippen molar-refractivity contribution in [1.29, 1.82) is 0 Å². The summed E-state index contributed by atoms with van der Waals surface area (Å²) in [4.78, 5) is 0. The van der Waals surface area contributed by atoms with Gasteiger partial charge in [0.05, 0.1) is 6.26 Å². The van der Waals surface area contributed by atoms with Crippen LogP contribution in [0.25, 0.3) is 33.6 Å². The normalized spacial score (nSPS) is 11.1. The van der Waals surface area contributed by atoms with Crippen molar-refractivity contribution in [2.45, 2.75) is 6.92 Å². The number of fused-ring (bicyclic) bond motifs is 1. The van der Waals surface area contributed by atoms with Crippen LogP contribution < -0.4 is 0 Å². The lowest BCUT2D eigenvalue weighted by Gasteiger charge is -1.99. The van der Waals surface area contributed by atoms with Gasteiger partial charge in [-0.25, -0.2) is 0 Å². The van der Waals surface area contributed by atoms with E-state index in [-0.39, 0.29) is 0 Å². The van der Waals surface area contributed by atoms with Gasteiger partial charge in [-0.2, -0.15) is 0 Å². The predicted molar refractivity (Wildman–Crippen MR) is 79.7 cm³/mol. The van der Waals surface area contributed by atoms with Gasteiger partial charge in [0.1, 0.15) is 5.58 Å². The van der Waals surface area contributed by atoms with Crippen LogP contribution in [-0.4, -0.2) is 10.2 Å². The summed E-state index contributed by atoms with van der Waals surface area (Å²) < 4.78 is 11.1. The van der Waals surface area contributed by atoms with Gasteiger partial charge >= 0.3 is 0 Å². The van der Waals surface area contributed by atoms with E-state index in [9.17, 15) is 0 Å². The molecule has 0 amide bonds. The molecule has 0 aliphatic heterocycles. The van der Waals surface area contributed by atoms with Crippen molar-refractivity contribution < 1.29 is 8.83 Å². The monoisotopic (exact) mass is 276 g/mol. The minimum Gasteiger partial charge on any atom is -0.464 e. The molecule has 0 fully saturated rings. The lowest BCUT2D eigenvalue weighted by Crippen LogP contribution is -1.79. The molecule has 4 nitrogen and oxygen atoms in total. The van der Waals surface area contributed by atoms with Gasteiger partial charge in [-0.05, 0) is 23.8 Å². The van der Waals surface area contributed by atoms with E-state index in [1.165, 1.54) is 0 Å². The zero-order valence-corrected chi connectivity index (χ0v) is 11.4. The first kappa shape index (κ1) is 11.9. The van der Waals surface area contributed by atoms with Gasteiger partial charge in [0.2, 0.25) is 11.8 Å². The lowest BCUT2D eigenvalue weighted by atomic mass is 10.0.